The Hall–Kier alpha value is -3.27. The van der Waals surface area contributed by atoms with Crippen LogP contribution in [0.15, 0.2) is 36.5 Å². The van der Waals surface area contributed by atoms with Gasteiger partial charge in [0.05, 0.1) is 11.6 Å². The van der Waals surface area contributed by atoms with E-state index in [4.69, 9.17) is 0 Å². The Morgan fingerprint density at radius 3 is 2.64 bits per heavy atom. The lowest BCUT2D eigenvalue weighted by atomic mass is 9.72. The second-order valence-electron chi connectivity index (χ2n) is 7.98. The second kappa shape index (κ2) is 7.95. The number of aromatic hydroxyl groups is 1. The molecule has 2 aromatic carbocycles. The maximum absolute atomic E-state index is 14.3. The maximum Gasteiger partial charge on any atom is 0.419 e. The topological polar surface area (TPSA) is 78.3 Å². The van der Waals surface area contributed by atoms with E-state index in [1.54, 1.807) is 13.8 Å². The first-order valence-electron chi connectivity index (χ1n) is 10.2. The number of hydrogen-bond acceptors (Lipinski definition) is 5. The average molecular weight is 465 g/mol. The van der Waals surface area contributed by atoms with Gasteiger partial charge in [-0.05, 0) is 36.6 Å². The van der Waals surface area contributed by atoms with Crippen LogP contribution in [0.1, 0.15) is 42.8 Å². The summed E-state index contributed by atoms with van der Waals surface area (Å²) < 4.78 is 71.2. The van der Waals surface area contributed by atoms with Gasteiger partial charge in [0.2, 0.25) is 0 Å². The van der Waals surface area contributed by atoms with Crippen LogP contribution in [0.5, 0.6) is 5.75 Å². The molecule has 0 saturated heterocycles. The van der Waals surface area contributed by atoms with Gasteiger partial charge in [-0.1, -0.05) is 19.1 Å². The number of halogens is 5. The number of benzene rings is 2. The summed E-state index contributed by atoms with van der Waals surface area (Å²) in [6.07, 6.45) is -3.02. The van der Waals surface area contributed by atoms with Gasteiger partial charge in [-0.3, -0.25) is 0 Å². The number of aliphatic hydroxyl groups is 1. The lowest BCUT2D eigenvalue weighted by Crippen LogP contribution is -2.54. The zero-order valence-corrected chi connectivity index (χ0v) is 17.6. The van der Waals surface area contributed by atoms with Crippen LogP contribution in [0.4, 0.5) is 27.6 Å². The molecule has 174 valence electrons. The zero-order valence-electron chi connectivity index (χ0n) is 17.6. The molecule has 1 aromatic heterocycles. The fourth-order valence-corrected chi connectivity index (χ4v) is 4.25. The number of allylic oxidation sites excluding steroid dienone is 1. The van der Waals surface area contributed by atoms with Gasteiger partial charge in [0, 0.05) is 35.3 Å². The van der Waals surface area contributed by atoms with Gasteiger partial charge in [-0.2, -0.15) is 13.2 Å². The van der Waals surface area contributed by atoms with Crippen LogP contribution < -0.4 is 5.32 Å². The molecule has 0 unspecified atom stereocenters. The minimum absolute atomic E-state index is 0.0366. The SMILES string of the molecule is CC/C=C1/C[C@@](O)(C(F)(F)F)[C@@H](Nc2cc(F)cc3nc(C)ncc23)c2ccc(F)c(O)c21. The van der Waals surface area contributed by atoms with E-state index < -0.39 is 41.6 Å². The van der Waals surface area contributed by atoms with Crippen LogP contribution in [0.2, 0.25) is 0 Å². The fraction of sp³-hybridized carbons (Fsp3) is 0.304. The molecule has 10 heteroatoms. The van der Waals surface area contributed by atoms with Crippen molar-refractivity contribution in [3.63, 3.8) is 0 Å². The Labute approximate surface area is 185 Å². The van der Waals surface area contributed by atoms with Gasteiger partial charge in [-0.15, -0.1) is 0 Å². The Bertz CT molecular complexity index is 1270. The summed E-state index contributed by atoms with van der Waals surface area (Å²) in [6, 6.07) is 2.09. The van der Waals surface area contributed by atoms with Gasteiger partial charge in [0.25, 0.3) is 0 Å². The molecule has 4 rings (SSSR count). The largest absolute Gasteiger partial charge is 0.504 e. The van der Waals surface area contributed by atoms with Gasteiger partial charge in [0.15, 0.2) is 17.2 Å². The van der Waals surface area contributed by atoms with Crippen LogP contribution in [0.3, 0.4) is 0 Å². The molecular weight excluding hydrogens is 445 g/mol. The van der Waals surface area contributed by atoms with Crippen molar-refractivity contribution in [1.82, 2.24) is 9.97 Å². The smallest absolute Gasteiger partial charge is 0.419 e. The number of aryl methyl sites for hydroxylation is 1. The number of hydrogen-bond donors (Lipinski definition) is 3. The van der Waals surface area contributed by atoms with Gasteiger partial charge in [-0.25, -0.2) is 18.7 Å². The molecule has 0 aliphatic heterocycles. The van der Waals surface area contributed by atoms with Gasteiger partial charge in [0.1, 0.15) is 11.6 Å². The highest BCUT2D eigenvalue weighted by Gasteiger charge is 2.62. The summed E-state index contributed by atoms with van der Waals surface area (Å²) in [5.74, 6) is -2.25. The van der Waals surface area contributed by atoms with Crippen molar-refractivity contribution >= 4 is 22.2 Å². The van der Waals surface area contributed by atoms with E-state index in [1.165, 1.54) is 12.3 Å². The lowest BCUT2D eigenvalue weighted by molar-refractivity contribution is -0.265. The quantitative estimate of drug-likeness (QED) is 0.441. The average Bonchev–Trinajstić information content (AvgIpc) is 2.71. The Morgan fingerprint density at radius 2 is 1.97 bits per heavy atom. The number of anilines is 1. The van der Waals surface area contributed by atoms with Crippen LogP contribution in [0.25, 0.3) is 16.5 Å². The number of nitrogens with zero attached hydrogens (tertiary/aromatic N) is 2. The van der Waals surface area contributed by atoms with E-state index in [0.717, 1.165) is 24.3 Å². The molecule has 0 bridgehead atoms. The number of rotatable bonds is 3. The van der Waals surface area contributed by atoms with Crippen LogP contribution in [0, 0.1) is 18.6 Å². The summed E-state index contributed by atoms with van der Waals surface area (Å²) >= 11 is 0. The number of phenolic OH excluding ortho intramolecular Hbond substituents is 1. The van der Waals surface area contributed by atoms with E-state index in [-0.39, 0.29) is 33.3 Å². The van der Waals surface area contributed by atoms with E-state index in [0.29, 0.717) is 12.2 Å². The third-order valence-electron chi connectivity index (χ3n) is 5.76. The molecule has 33 heavy (non-hydrogen) atoms. The molecule has 1 aliphatic carbocycles. The molecule has 0 amide bonds. The fourth-order valence-electron chi connectivity index (χ4n) is 4.25. The zero-order chi connectivity index (χ0) is 24.1. The molecule has 1 aliphatic rings. The molecule has 3 aromatic rings. The number of nitrogens with one attached hydrogen (secondary N) is 1. The summed E-state index contributed by atoms with van der Waals surface area (Å²) in [7, 11) is 0. The van der Waals surface area contributed by atoms with E-state index in [1.807, 2.05) is 0 Å². The Kier molecular flexibility index (Phi) is 5.52. The van der Waals surface area contributed by atoms with Crippen molar-refractivity contribution in [3.8, 4) is 5.75 Å². The first kappa shape index (κ1) is 22.9. The Morgan fingerprint density at radius 1 is 1.24 bits per heavy atom. The number of alkyl halides is 3. The lowest BCUT2D eigenvalue weighted by Gasteiger charge is -2.44. The van der Waals surface area contributed by atoms with Crippen LogP contribution in [-0.2, 0) is 0 Å². The van der Waals surface area contributed by atoms with E-state index in [9.17, 15) is 32.2 Å². The molecule has 0 spiro atoms. The van der Waals surface area contributed by atoms with E-state index in [2.05, 4.69) is 15.3 Å². The van der Waals surface area contributed by atoms with Crippen molar-refractivity contribution < 1.29 is 32.2 Å². The molecule has 5 nitrogen and oxygen atoms in total. The highest BCUT2D eigenvalue weighted by Crippen LogP contribution is 2.54. The van der Waals surface area contributed by atoms with Gasteiger partial charge < -0.3 is 15.5 Å². The van der Waals surface area contributed by atoms with Crippen LogP contribution >= 0.6 is 0 Å². The summed E-state index contributed by atoms with van der Waals surface area (Å²) in [5.41, 5.74) is -3.61. The molecular formula is C23H20F5N3O2. The second-order valence-corrected chi connectivity index (χ2v) is 7.98. The van der Waals surface area contributed by atoms with Crippen molar-refractivity contribution in [2.75, 3.05) is 5.32 Å². The molecule has 2 atom stereocenters. The standard InChI is InChI=1S/C23H20F5N3O2/c1-3-4-12-9-22(33,23(26,27)28)21(14-5-6-16(25)20(32)19(12)14)31-18-8-13(24)7-17-15(18)10-29-11(2)30-17/h4-8,10,21,31-33H,3,9H2,1-2H3/b12-4-/t21-,22-/m0/s1. The first-order valence-corrected chi connectivity index (χ1v) is 10.2. The number of aromatic nitrogens is 2. The molecule has 1 heterocycles. The minimum Gasteiger partial charge on any atom is -0.504 e. The third-order valence-corrected chi connectivity index (χ3v) is 5.76. The third kappa shape index (κ3) is 3.78. The highest BCUT2D eigenvalue weighted by atomic mass is 19.4. The van der Waals surface area contributed by atoms with Crippen molar-refractivity contribution in [2.24, 2.45) is 0 Å². The molecule has 3 N–H and O–H groups in total. The summed E-state index contributed by atoms with van der Waals surface area (Å²) in [5, 5.41) is 24.2. The molecule has 0 radical (unpaired) electrons. The minimum atomic E-state index is -5.12. The normalized spacial score (nSPS) is 21.9. The van der Waals surface area contributed by atoms with Crippen molar-refractivity contribution in [2.45, 2.75) is 44.5 Å². The highest BCUT2D eigenvalue weighted by molar-refractivity contribution is 5.91. The van der Waals surface area contributed by atoms with E-state index >= 15 is 0 Å². The molecule has 0 saturated carbocycles. The first-order chi connectivity index (χ1) is 15.5. The van der Waals surface area contributed by atoms with Crippen molar-refractivity contribution in [1.29, 1.82) is 0 Å². The number of fused-ring (bicyclic) bond motifs is 2. The number of phenols is 1. The predicted octanol–water partition coefficient (Wildman–Crippen LogP) is 5.57. The predicted molar refractivity (Wildman–Crippen MR) is 113 cm³/mol. The maximum atomic E-state index is 14.3. The summed E-state index contributed by atoms with van der Waals surface area (Å²) in [6.45, 7) is 3.25. The Balaban J connectivity index is 1.98. The summed E-state index contributed by atoms with van der Waals surface area (Å²) in [4.78, 5) is 8.13. The van der Waals surface area contributed by atoms with Crippen LogP contribution in [-0.4, -0.2) is 32.0 Å². The monoisotopic (exact) mass is 465 g/mol. The van der Waals surface area contributed by atoms with Gasteiger partial charge >= 0.3 is 6.18 Å². The van der Waals surface area contributed by atoms with Crippen molar-refractivity contribution in [3.05, 3.63) is 65.1 Å². The molecule has 0 fully saturated rings.